The van der Waals surface area contributed by atoms with Crippen LogP contribution in [0, 0.1) is 0 Å². The van der Waals surface area contributed by atoms with E-state index in [9.17, 15) is 13.2 Å². The Labute approximate surface area is 134 Å². The highest BCUT2D eigenvalue weighted by molar-refractivity contribution is 7.89. The summed E-state index contributed by atoms with van der Waals surface area (Å²) in [7, 11) is -3.09. The average molecular weight is 325 g/mol. The molecule has 0 aromatic heterocycles. The van der Waals surface area contributed by atoms with E-state index in [2.05, 4.69) is 12.2 Å². The summed E-state index contributed by atoms with van der Waals surface area (Å²) in [5.74, 6) is -0.181. The van der Waals surface area contributed by atoms with E-state index in [1.54, 1.807) is 24.3 Å². The molecule has 0 bridgehead atoms. The van der Waals surface area contributed by atoms with Gasteiger partial charge in [-0.2, -0.15) is 0 Å². The SMILES string of the molecule is CCCCCCC(C)NC(=O)c1cccc(CS(C)(=O)=O)c1. The first-order valence-electron chi connectivity index (χ1n) is 7.89. The number of rotatable bonds is 9. The molecule has 0 aliphatic heterocycles. The molecule has 0 saturated carbocycles. The third kappa shape index (κ3) is 7.59. The fraction of sp³-hybridized carbons (Fsp3) is 0.588. The van der Waals surface area contributed by atoms with E-state index in [1.165, 1.54) is 25.5 Å². The summed E-state index contributed by atoms with van der Waals surface area (Å²) in [6.07, 6.45) is 6.90. The number of nitrogens with one attached hydrogen (secondary N) is 1. The van der Waals surface area contributed by atoms with Crippen molar-refractivity contribution in [1.29, 1.82) is 0 Å². The van der Waals surface area contributed by atoms with Gasteiger partial charge < -0.3 is 5.32 Å². The second-order valence-electron chi connectivity index (χ2n) is 5.99. The average Bonchev–Trinajstić information content (AvgIpc) is 2.42. The molecule has 124 valence electrons. The van der Waals surface area contributed by atoms with Crippen LogP contribution < -0.4 is 5.32 Å². The van der Waals surface area contributed by atoms with Crippen LogP contribution in [0.2, 0.25) is 0 Å². The molecule has 1 unspecified atom stereocenters. The molecule has 0 spiro atoms. The van der Waals surface area contributed by atoms with Crippen LogP contribution in [0.25, 0.3) is 0 Å². The largest absolute Gasteiger partial charge is 0.350 e. The summed E-state index contributed by atoms with van der Waals surface area (Å²) in [6.45, 7) is 4.18. The minimum absolute atomic E-state index is 0.0410. The summed E-state index contributed by atoms with van der Waals surface area (Å²) in [5.41, 5.74) is 1.16. The van der Waals surface area contributed by atoms with Gasteiger partial charge in [-0.1, -0.05) is 44.7 Å². The summed E-state index contributed by atoms with van der Waals surface area (Å²) in [5, 5.41) is 2.97. The van der Waals surface area contributed by atoms with Gasteiger partial charge in [0.15, 0.2) is 9.84 Å². The molecule has 1 rings (SSSR count). The lowest BCUT2D eigenvalue weighted by atomic mass is 10.1. The van der Waals surface area contributed by atoms with Crippen molar-refractivity contribution >= 4 is 15.7 Å². The number of unbranched alkanes of at least 4 members (excludes halogenated alkanes) is 3. The van der Waals surface area contributed by atoms with Crippen LogP contribution in [0.1, 0.15) is 61.9 Å². The minimum atomic E-state index is -3.09. The van der Waals surface area contributed by atoms with Crippen molar-refractivity contribution in [1.82, 2.24) is 5.32 Å². The molecule has 0 radical (unpaired) electrons. The van der Waals surface area contributed by atoms with Crippen molar-refractivity contribution in [2.24, 2.45) is 0 Å². The molecule has 0 aliphatic rings. The van der Waals surface area contributed by atoms with Gasteiger partial charge in [0.05, 0.1) is 5.75 Å². The molecule has 5 heteroatoms. The Bertz CT molecular complexity index is 581. The second kappa shape index (κ2) is 8.93. The minimum Gasteiger partial charge on any atom is -0.350 e. The third-order valence-electron chi connectivity index (χ3n) is 3.49. The van der Waals surface area contributed by atoms with Gasteiger partial charge in [0.25, 0.3) is 5.91 Å². The van der Waals surface area contributed by atoms with Crippen LogP contribution >= 0.6 is 0 Å². The summed E-state index contributed by atoms with van der Waals surface area (Å²) in [6, 6.07) is 6.95. The molecule has 0 saturated heterocycles. The standard InChI is InChI=1S/C17H27NO3S/c1-4-5-6-7-9-14(2)18-17(19)16-11-8-10-15(12-16)13-22(3,20)21/h8,10-12,14H,4-7,9,13H2,1-3H3,(H,18,19). The Morgan fingerprint density at radius 3 is 2.59 bits per heavy atom. The van der Waals surface area contributed by atoms with Crippen molar-refractivity contribution in [2.45, 2.75) is 57.7 Å². The predicted octanol–water partition coefficient (Wildman–Crippen LogP) is 3.32. The van der Waals surface area contributed by atoms with Crippen LogP contribution in [0.4, 0.5) is 0 Å². The molecular formula is C17H27NO3S. The van der Waals surface area contributed by atoms with Crippen LogP contribution in [-0.4, -0.2) is 26.6 Å². The maximum atomic E-state index is 12.2. The Morgan fingerprint density at radius 2 is 1.95 bits per heavy atom. The van der Waals surface area contributed by atoms with Crippen LogP contribution in [0.3, 0.4) is 0 Å². The van der Waals surface area contributed by atoms with E-state index in [1.807, 2.05) is 6.92 Å². The molecule has 22 heavy (non-hydrogen) atoms. The second-order valence-corrected chi connectivity index (χ2v) is 8.13. The summed E-state index contributed by atoms with van der Waals surface area (Å²) < 4.78 is 22.7. The summed E-state index contributed by atoms with van der Waals surface area (Å²) in [4.78, 5) is 12.2. The molecule has 0 aliphatic carbocycles. The van der Waals surface area contributed by atoms with E-state index >= 15 is 0 Å². The molecule has 1 aromatic rings. The Hall–Kier alpha value is -1.36. The van der Waals surface area contributed by atoms with Gasteiger partial charge in [0.1, 0.15) is 0 Å². The lowest BCUT2D eigenvalue weighted by molar-refractivity contribution is 0.0937. The van der Waals surface area contributed by atoms with E-state index in [0.29, 0.717) is 11.1 Å². The highest BCUT2D eigenvalue weighted by Gasteiger charge is 2.11. The molecule has 1 amide bonds. The third-order valence-corrected chi connectivity index (χ3v) is 4.34. The molecule has 4 nitrogen and oxygen atoms in total. The monoisotopic (exact) mass is 325 g/mol. The lowest BCUT2D eigenvalue weighted by Gasteiger charge is -2.14. The van der Waals surface area contributed by atoms with Gasteiger partial charge in [0.2, 0.25) is 0 Å². The van der Waals surface area contributed by atoms with Gasteiger partial charge in [-0.05, 0) is 31.0 Å². The first kappa shape index (κ1) is 18.7. The molecule has 0 fully saturated rings. The van der Waals surface area contributed by atoms with Crippen LogP contribution in [0.15, 0.2) is 24.3 Å². The lowest BCUT2D eigenvalue weighted by Crippen LogP contribution is -2.32. The molecule has 1 aromatic carbocycles. The quantitative estimate of drug-likeness (QED) is 0.708. The smallest absolute Gasteiger partial charge is 0.251 e. The van der Waals surface area contributed by atoms with E-state index in [4.69, 9.17) is 0 Å². The highest BCUT2D eigenvalue weighted by Crippen LogP contribution is 2.10. The predicted molar refractivity (Wildman–Crippen MR) is 90.7 cm³/mol. The van der Waals surface area contributed by atoms with Gasteiger partial charge in [-0.25, -0.2) is 8.42 Å². The maximum Gasteiger partial charge on any atom is 0.251 e. The molecular weight excluding hydrogens is 298 g/mol. The fourth-order valence-electron chi connectivity index (χ4n) is 2.36. The van der Waals surface area contributed by atoms with Gasteiger partial charge >= 0.3 is 0 Å². The van der Waals surface area contributed by atoms with Gasteiger partial charge in [-0.15, -0.1) is 0 Å². The van der Waals surface area contributed by atoms with Crippen molar-refractivity contribution < 1.29 is 13.2 Å². The van der Waals surface area contributed by atoms with Gasteiger partial charge in [-0.3, -0.25) is 4.79 Å². The first-order valence-corrected chi connectivity index (χ1v) is 9.95. The Kier molecular flexibility index (Phi) is 7.59. The number of hydrogen-bond acceptors (Lipinski definition) is 3. The molecule has 0 heterocycles. The van der Waals surface area contributed by atoms with Crippen molar-refractivity contribution in [2.75, 3.05) is 6.26 Å². The van der Waals surface area contributed by atoms with Crippen molar-refractivity contribution in [3.8, 4) is 0 Å². The molecule has 1 N–H and O–H groups in total. The Morgan fingerprint density at radius 1 is 1.23 bits per heavy atom. The zero-order valence-electron chi connectivity index (χ0n) is 13.8. The van der Waals surface area contributed by atoms with E-state index < -0.39 is 9.84 Å². The zero-order chi connectivity index (χ0) is 16.6. The van der Waals surface area contributed by atoms with Crippen molar-refractivity contribution in [3.05, 3.63) is 35.4 Å². The molecule has 1 atom stereocenters. The number of hydrogen-bond donors (Lipinski definition) is 1. The van der Waals surface area contributed by atoms with Crippen LogP contribution in [-0.2, 0) is 15.6 Å². The number of benzene rings is 1. The number of sulfone groups is 1. The highest BCUT2D eigenvalue weighted by atomic mass is 32.2. The first-order chi connectivity index (χ1) is 10.3. The van der Waals surface area contributed by atoms with Crippen molar-refractivity contribution in [3.63, 3.8) is 0 Å². The van der Waals surface area contributed by atoms with Crippen LogP contribution in [0.5, 0.6) is 0 Å². The zero-order valence-corrected chi connectivity index (χ0v) is 14.6. The summed E-state index contributed by atoms with van der Waals surface area (Å²) >= 11 is 0. The van der Waals surface area contributed by atoms with Gasteiger partial charge in [0, 0.05) is 17.9 Å². The van der Waals surface area contributed by atoms with E-state index in [-0.39, 0.29) is 17.7 Å². The Balaban J connectivity index is 2.56. The fourth-order valence-corrected chi connectivity index (χ4v) is 3.15. The number of carbonyl (C=O) groups is 1. The normalized spacial score (nSPS) is 12.9. The van der Waals surface area contributed by atoms with E-state index in [0.717, 1.165) is 12.8 Å². The number of carbonyl (C=O) groups excluding carboxylic acids is 1. The maximum absolute atomic E-state index is 12.2. The topological polar surface area (TPSA) is 63.2 Å². The number of amides is 1.